The molecule has 0 aromatic heterocycles. The van der Waals surface area contributed by atoms with E-state index in [-0.39, 0.29) is 5.69 Å². The van der Waals surface area contributed by atoms with Gasteiger partial charge in [0, 0.05) is 18.8 Å². The average molecular weight is 336 g/mol. The number of rotatable bonds is 1. The number of fused-ring (bicyclic) bond motifs is 1. The summed E-state index contributed by atoms with van der Waals surface area (Å²) < 4.78 is 65.6. The summed E-state index contributed by atoms with van der Waals surface area (Å²) in [5.41, 5.74) is -0.875. The minimum Gasteiger partial charge on any atom is -0.409 e. The van der Waals surface area contributed by atoms with Crippen LogP contribution in [0.2, 0.25) is 0 Å². The highest BCUT2D eigenvalue weighted by atomic mass is 19.3. The Morgan fingerprint density at radius 2 is 1.87 bits per heavy atom. The summed E-state index contributed by atoms with van der Waals surface area (Å²) in [6.07, 6.45) is -8.66. The summed E-state index contributed by atoms with van der Waals surface area (Å²) in [6, 6.07) is 2.45. The number of benzene rings is 1. The molecule has 3 rings (SSSR count). The highest BCUT2D eigenvalue weighted by Crippen LogP contribution is 2.46. The van der Waals surface area contributed by atoms with E-state index < -0.39 is 29.7 Å². The smallest absolute Gasteiger partial charge is 0.409 e. The molecule has 23 heavy (non-hydrogen) atoms. The molecule has 1 fully saturated rings. The van der Waals surface area contributed by atoms with Crippen molar-refractivity contribution in [1.29, 1.82) is 0 Å². The number of alkyl halides is 4. The number of halogens is 4. The molecule has 6 nitrogen and oxygen atoms in total. The summed E-state index contributed by atoms with van der Waals surface area (Å²) in [7, 11) is 0. The van der Waals surface area contributed by atoms with Crippen molar-refractivity contribution >= 4 is 11.7 Å². The molecule has 2 heterocycles. The van der Waals surface area contributed by atoms with Crippen molar-refractivity contribution in [2.24, 2.45) is 0 Å². The van der Waals surface area contributed by atoms with E-state index in [1.807, 2.05) is 0 Å². The van der Waals surface area contributed by atoms with E-state index in [0.29, 0.717) is 26.3 Å². The van der Waals surface area contributed by atoms with Crippen LogP contribution in [-0.4, -0.2) is 43.5 Å². The number of urea groups is 1. The van der Waals surface area contributed by atoms with Gasteiger partial charge in [-0.15, -0.1) is 8.78 Å². The lowest BCUT2D eigenvalue weighted by atomic mass is 10.1. The largest absolute Gasteiger partial charge is 0.540 e. The van der Waals surface area contributed by atoms with Gasteiger partial charge in [0.1, 0.15) is 5.75 Å². The quantitative estimate of drug-likeness (QED) is 0.801. The lowest BCUT2D eigenvalue weighted by Gasteiger charge is -2.31. The third-order valence-corrected chi connectivity index (χ3v) is 3.32. The van der Waals surface area contributed by atoms with Crippen LogP contribution in [-0.2, 0) is 15.6 Å². The van der Waals surface area contributed by atoms with E-state index in [4.69, 9.17) is 4.74 Å². The number of anilines is 1. The van der Waals surface area contributed by atoms with Gasteiger partial charge in [0.15, 0.2) is 0 Å². The fraction of sp³-hybridized carbons (Fsp3) is 0.462. The molecule has 10 heteroatoms. The Balaban J connectivity index is 1.79. The normalized spacial score (nSPS) is 22.0. The zero-order valence-electron chi connectivity index (χ0n) is 11.7. The molecular weight excluding hydrogens is 324 g/mol. The Labute approximate surface area is 127 Å². The van der Waals surface area contributed by atoms with E-state index in [1.165, 1.54) is 11.0 Å². The fourth-order valence-corrected chi connectivity index (χ4v) is 2.25. The van der Waals surface area contributed by atoms with Crippen LogP contribution in [0.25, 0.3) is 0 Å². The number of ether oxygens (including phenoxy) is 3. The van der Waals surface area contributed by atoms with Crippen molar-refractivity contribution < 1.29 is 36.6 Å². The third kappa shape index (κ3) is 3.32. The van der Waals surface area contributed by atoms with E-state index in [0.717, 1.165) is 12.1 Å². The van der Waals surface area contributed by atoms with Crippen LogP contribution in [0.1, 0.15) is 5.56 Å². The van der Waals surface area contributed by atoms with Gasteiger partial charge in [-0.25, -0.2) is 9.53 Å². The molecule has 0 radical (unpaired) electrons. The Bertz CT molecular complexity index is 620. The van der Waals surface area contributed by atoms with Crippen molar-refractivity contribution in [1.82, 2.24) is 4.90 Å². The van der Waals surface area contributed by atoms with E-state index in [2.05, 4.69) is 14.8 Å². The van der Waals surface area contributed by atoms with Gasteiger partial charge in [0.25, 0.3) is 0 Å². The molecule has 0 unspecified atom stereocenters. The molecule has 2 aliphatic rings. The summed E-state index contributed by atoms with van der Waals surface area (Å²) in [5.74, 6) is -0.712. The molecule has 0 saturated carbocycles. The van der Waals surface area contributed by atoms with Gasteiger partial charge >= 0.3 is 18.4 Å². The standard InChI is InChI=1S/C13H12F4N2O4/c14-12(15)9-7-8(1-2-10(9)22-13(16,17)23-12)18-11(20)19-3-5-21-6-4-19/h1-2,7H,3-6H2,(H,18,20). The van der Waals surface area contributed by atoms with Crippen molar-refractivity contribution in [2.75, 3.05) is 31.6 Å². The first-order valence-electron chi connectivity index (χ1n) is 6.70. The van der Waals surface area contributed by atoms with Gasteiger partial charge < -0.3 is 19.7 Å². The highest BCUT2D eigenvalue weighted by Gasteiger charge is 2.54. The van der Waals surface area contributed by atoms with Crippen LogP contribution in [0.5, 0.6) is 5.75 Å². The lowest BCUT2D eigenvalue weighted by Crippen LogP contribution is -2.43. The third-order valence-electron chi connectivity index (χ3n) is 3.32. The number of amides is 2. The second-order valence-electron chi connectivity index (χ2n) is 4.92. The van der Waals surface area contributed by atoms with Crippen LogP contribution in [0.15, 0.2) is 18.2 Å². The molecule has 1 aromatic rings. The minimum atomic E-state index is -4.42. The van der Waals surface area contributed by atoms with E-state index >= 15 is 0 Å². The predicted octanol–water partition coefficient (Wildman–Crippen LogP) is 2.56. The first-order valence-corrected chi connectivity index (χ1v) is 6.70. The average Bonchev–Trinajstić information content (AvgIpc) is 2.47. The van der Waals surface area contributed by atoms with Gasteiger partial charge in [0.2, 0.25) is 0 Å². The van der Waals surface area contributed by atoms with Crippen molar-refractivity contribution in [3.8, 4) is 5.75 Å². The molecular formula is C13H12F4N2O4. The Morgan fingerprint density at radius 3 is 2.57 bits per heavy atom. The second kappa shape index (κ2) is 5.53. The Morgan fingerprint density at radius 1 is 1.17 bits per heavy atom. The van der Waals surface area contributed by atoms with Crippen LogP contribution in [0.4, 0.5) is 28.0 Å². The summed E-state index contributed by atoms with van der Waals surface area (Å²) in [5, 5.41) is 2.42. The van der Waals surface area contributed by atoms with Crippen LogP contribution in [0.3, 0.4) is 0 Å². The minimum absolute atomic E-state index is 0.0114. The number of carbonyl (C=O) groups excluding carboxylic acids is 1. The Kier molecular flexibility index (Phi) is 3.80. The van der Waals surface area contributed by atoms with Gasteiger partial charge in [-0.3, -0.25) is 0 Å². The number of hydrogen-bond donors (Lipinski definition) is 1. The second-order valence-corrected chi connectivity index (χ2v) is 4.92. The summed E-state index contributed by atoms with van der Waals surface area (Å²) in [4.78, 5) is 13.4. The van der Waals surface area contributed by atoms with Crippen molar-refractivity contribution in [3.63, 3.8) is 0 Å². The molecule has 2 aliphatic heterocycles. The van der Waals surface area contributed by atoms with E-state index in [1.54, 1.807) is 0 Å². The molecule has 1 saturated heterocycles. The molecule has 126 valence electrons. The summed E-state index contributed by atoms with van der Waals surface area (Å²) in [6.45, 7) is 1.50. The first kappa shape index (κ1) is 15.8. The fourth-order valence-electron chi connectivity index (χ4n) is 2.25. The van der Waals surface area contributed by atoms with Crippen LogP contribution < -0.4 is 10.1 Å². The molecule has 0 spiro atoms. The maximum atomic E-state index is 13.6. The van der Waals surface area contributed by atoms with Gasteiger partial charge in [0.05, 0.1) is 18.8 Å². The molecule has 0 atom stereocenters. The van der Waals surface area contributed by atoms with Crippen LogP contribution >= 0.6 is 0 Å². The lowest BCUT2D eigenvalue weighted by molar-refractivity contribution is -0.461. The highest BCUT2D eigenvalue weighted by molar-refractivity contribution is 5.89. The van der Waals surface area contributed by atoms with Gasteiger partial charge in [-0.2, -0.15) is 8.78 Å². The molecule has 0 bridgehead atoms. The summed E-state index contributed by atoms with van der Waals surface area (Å²) >= 11 is 0. The zero-order valence-corrected chi connectivity index (χ0v) is 11.7. The monoisotopic (exact) mass is 336 g/mol. The molecule has 0 aliphatic carbocycles. The number of carbonyl (C=O) groups is 1. The van der Waals surface area contributed by atoms with Gasteiger partial charge in [-0.05, 0) is 18.2 Å². The maximum Gasteiger partial charge on any atom is 0.540 e. The SMILES string of the molecule is O=C(Nc1ccc2c(c1)C(F)(F)OC(F)(F)O2)N1CCOCC1. The maximum absolute atomic E-state index is 13.6. The van der Waals surface area contributed by atoms with E-state index in [9.17, 15) is 22.4 Å². The van der Waals surface area contributed by atoms with Gasteiger partial charge in [-0.1, -0.05) is 0 Å². The topological polar surface area (TPSA) is 60.0 Å². The zero-order chi connectivity index (χ0) is 16.7. The molecule has 1 aromatic carbocycles. The predicted molar refractivity (Wildman–Crippen MR) is 68.4 cm³/mol. The van der Waals surface area contributed by atoms with Crippen molar-refractivity contribution in [3.05, 3.63) is 23.8 Å². The van der Waals surface area contributed by atoms with Crippen molar-refractivity contribution in [2.45, 2.75) is 12.4 Å². The number of hydrogen-bond acceptors (Lipinski definition) is 4. The number of morpholine rings is 1. The molecule has 1 N–H and O–H groups in total. The Hall–Kier alpha value is -2.07. The van der Waals surface area contributed by atoms with Crippen LogP contribution in [0, 0.1) is 0 Å². The molecule has 2 amide bonds. The first-order chi connectivity index (χ1) is 10.8. The number of nitrogens with zero attached hydrogens (tertiary/aromatic N) is 1. The number of nitrogens with one attached hydrogen (secondary N) is 1.